The number of nitrogens with one attached hydrogen (secondary N) is 1. The summed E-state index contributed by atoms with van der Waals surface area (Å²) in [7, 11) is 0. The van der Waals surface area contributed by atoms with Crippen LogP contribution >= 0.6 is 0 Å². The number of H-pyrrole nitrogens is 1. The van der Waals surface area contributed by atoms with Crippen LogP contribution in [0.15, 0.2) is 61.2 Å². The normalized spacial score (nSPS) is 19.4. The SMILES string of the molecule is C=Cc1ccc(-c2ccc(-c3nc4nc(O[C@@H]5CC[C@H](CO)C5(F)F)[nH]c4cc3F)cc2)cc1. The van der Waals surface area contributed by atoms with Crippen LogP contribution in [0.3, 0.4) is 0 Å². The molecule has 0 saturated heterocycles. The van der Waals surface area contributed by atoms with Gasteiger partial charge >= 0.3 is 0 Å². The first-order valence-corrected chi connectivity index (χ1v) is 10.9. The summed E-state index contributed by atoms with van der Waals surface area (Å²) in [4.78, 5) is 11.2. The number of aromatic nitrogens is 3. The lowest BCUT2D eigenvalue weighted by Crippen LogP contribution is -2.39. The highest BCUT2D eigenvalue weighted by Crippen LogP contribution is 2.42. The number of pyridine rings is 1. The molecule has 174 valence electrons. The number of aliphatic hydroxyl groups excluding tert-OH is 1. The Labute approximate surface area is 194 Å². The van der Waals surface area contributed by atoms with Crippen LogP contribution in [-0.2, 0) is 0 Å². The molecule has 1 aliphatic carbocycles. The van der Waals surface area contributed by atoms with Crippen LogP contribution in [0.25, 0.3) is 39.6 Å². The molecule has 8 heteroatoms. The first kappa shape index (κ1) is 22.2. The Morgan fingerprint density at radius 3 is 2.29 bits per heavy atom. The topological polar surface area (TPSA) is 71.0 Å². The summed E-state index contributed by atoms with van der Waals surface area (Å²) in [6.07, 6.45) is 0.599. The molecule has 1 saturated carbocycles. The van der Waals surface area contributed by atoms with Crippen molar-refractivity contribution >= 4 is 17.2 Å². The van der Waals surface area contributed by atoms with Crippen LogP contribution < -0.4 is 4.74 Å². The number of hydrogen-bond acceptors (Lipinski definition) is 4. The van der Waals surface area contributed by atoms with Crippen molar-refractivity contribution in [3.05, 3.63) is 72.6 Å². The van der Waals surface area contributed by atoms with E-state index in [0.717, 1.165) is 16.7 Å². The zero-order valence-corrected chi connectivity index (χ0v) is 18.1. The molecule has 2 N–H and O–H groups in total. The van der Waals surface area contributed by atoms with E-state index in [1.165, 1.54) is 6.07 Å². The molecule has 1 aliphatic rings. The minimum Gasteiger partial charge on any atom is -0.455 e. The molecule has 5 rings (SSSR count). The van der Waals surface area contributed by atoms with Crippen molar-refractivity contribution in [2.75, 3.05) is 6.61 Å². The van der Waals surface area contributed by atoms with E-state index in [-0.39, 0.29) is 35.7 Å². The maximum absolute atomic E-state index is 14.8. The molecule has 2 aromatic carbocycles. The van der Waals surface area contributed by atoms with Crippen molar-refractivity contribution in [2.24, 2.45) is 5.92 Å². The second kappa shape index (κ2) is 8.61. The van der Waals surface area contributed by atoms with Crippen LogP contribution in [0.5, 0.6) is 6.01 Å². The second-order valence-electron chi connectivity index (χ2n) is 8.37. The van der Waals surface area contributed by atoms with Gasteiger partial charge in [-0.1, -0.05) is 61.2 Å². The Morgan fingerprint density at radius 2 is 1.68 bits per heavy atom. The Balaban J connectivity index is 1.40. The number of ether oxygens (including phenoxy) is 1. The van der Waals surface area contributed by atoms with Crippen LogP contribution in [0.2, 0.25) is 0 Å². The van der Waals surface area contributed by atoms with Gasteiger partial charge < -0.3 is 14.8 Å². The van der Waals surface area contributed by atoms with Gasteiger partial charge in [-0.3, -0.25) is 0 Å². The molecular formula is C26H22F3N3O2. The predicted molar refractivity (Wildman–Crippen MR) is 124 cm³/mol. The average Bonchev–Trinajstić information content (AvgIpc) is 3.37. The van der Waals surface area contributed by atoms with Crippen molar-refractivity contribution in [1.29, 1.82) is 0 Å². The molecule has 34 heavy (non-hydrogen) atoms. The third-order valence-electron chi connectivity index (χ3n) is 6.27. The average molecular weight is 465 g/mol. The highest BCUT2D eigenvalue weighted by Gasteiger charge is 2.53. The number of halogens is 3. The number of hydrogen-bond donors (Lipinski definition) is 2. The van der Waals surface area contributed by atoms with Gasteiger partial charge in [0.2, 0.25) is 0 Å². The largest absolute Gasteiger partial charge is 0.455 e. The zero-order chi connectivity index (χ0) is 23.9. The molecule has 0 unspecified atom stereocenters. The number of fused-ring (bicyclic) bond motifs is 1. The fourth-order valence-electron chi connectivity index (χ4n) is 4.27. The number of imidazole rings is 1. The van der Waals surface area contributed by atoms with E-state index in [4.69, 9.17) is 9.84 Å². The van der Waals surface area contributed by atoms with Gasteiger partial charge in [0, 0.05) is 17.5 Å². The van der Waals surface area contributed by atoms with Gasteiger partial charge in [-0.15, -0.1) is 0 Å². The van der Waals surface area contributed by atoms with E-state index in [1.807, 2.05) is 36.4 Å². The zero-order valence-electron chi connectivity index (χ0n) is 18.1. The van der Waals surface area contributed by atoms with Gasteiger partial charge in [-0.05, 0) is 29.5 Å². The molecule has 4 aromatic rings. The van der Waals surface area contributed by atoms with E-state index in [9.17, 15) is 13.2 Å². The molecule has 0 spiro atoms. The molecule has 0 bridgehead atoms. The van der Waals surface area contributed by atoms with Gasteiger partial charge in [0.1, 0.15) is 5.69 Å². The summed E-state index contributed by atoms with van der Waals surface area (Å²) in [5.41, 5.74) is 4.07. The first-order valence-electron chi connectivity index (χ1n) is 10.9. The van der Waals surface area contributed by atoms with Crippen LogP contribution in [-0.4, -0.2) is 38.7 Å². The molecule has 2 heterocycles. The van der Waals surface area contributed by atoms with E-state index in [1.54, 1.807) is 18.2 Å². The van der Waals surface area contributed by atoms with Gasteiger partial charge in [0.25, 0.3) is 11.9 Å². The van der Waals surface area contributed by atoms with E-state index in [2.05, 4.69) is 21.5 Å². The summed E-state index contributed by atoms with van der Waals surface area (Å²) < 4.78 is 48.9. The highest BCUT2D eigenvalue weighted by molar-refractivity contribution is 5.77. The summed E-state index contributed by atoms with van der Waals surface area (Å²) >= 11 is 0. The van der Waals surface area contributed by atoms with Crippen LogP contribution in [0.4, 0.5) is 13.2 Å². The lowest BCUT2D eigenvalue weighted by Gasteiger charge is -2.22. The molecule has 2 aromatic heterocycles. The van der Waals surface area contributed by atoms with Crippen molar-refractivity contribution < 1.29 is 23.0 Å². The summed E-state index contributed by atoms with van der Waals surface area (Å²) in [5.74, 6) is -4.89. The minimum absolute atomic E-state index is 0.0883. The maximum Gasteiger partial charge on any atom is 0.296 e. The lowest BCUT2D eigenvalue weighted by molar-refractivity contribution is -0.116. The Hall–Kier alpha value is -3.65. The smallest absolute Gasteiger partial charge is 0.296 e. The quantitative estimate of drug-likeness (QED) is 0.374. The summed E-state index contributed by atoms with van der Waals surface area (Å²) in [5, 5.41) is 9.16. The van der Waals surface area contributed by atoms with Crippen molar-refractivity contribution in [2.45, 2.75) is 24.9 Å². The molecule has 0 amide bonds. The maximum atomic E-state index is 14.8. The van der Waals surface area contributed by atoms with E-state index >= 15 is 0 Å². The lowest BCUT2D eigenvalue weighted by atomic mass is 10.0. The Morgan fingerprint density at radius 1 is 1.03 bits per heavy atom. The standard InChI is InChI=1S/C26H22F3N3O2/c1-2-15-3-5-16(6-4-15)17-7-9-18(10-8-17)23-20(27)13-21-24(31-23)32-25(30-21)34-22-12-11-19(14-33)26(22,28)29/h2-10,13,19,22,33H,1,11-12,14H2,(H,30,31,32)/t19-,22-/m1/s1. The first-order chi connectivity index (χ1) is 16.4. The molecule has 2 atom stereocenters. The Bertz CT molecular complexity index is 1330. The number of rotatable bonds is 6. The molecular weight excluding hydrogens is 443 g/mol. The molecule has 0 aliphatic heterocycles. The van der Waals surface area contributed by atoms with Crippen molar-refractivity contribution in [1.82, 2.24) is 15.0 Å². The third kappa shape index (κ3) is 3.94. The number of nitrogens with zero attached hydrogens (tertiary/aromatic N) is 2. The van der Waals surface area contributed by atoms with E-state index < -0.39 is 30.4 Å². The van der Waals surface area contributed by atoms with E-state index in [0.29, 0.717) is 5.56 Å². The van der Waals surface area contributed by atoms with Crippen molar-refractivity contribution in [3.63, 3.8) is 0 Å². The molecule has 0 radical (unpaired) electrons. The minimum atomic E-state index is -3.18. The molecule has 1 fully saturated rings. The van der Waals surface area contributed by atoms with Gasteiger partial charge in [0.15, 0.2) is 17.6 Å². The molecule has 5 nitrogen and oxygen atoms in total. The van der Waals surface area contributed by atoms with Gasteiger partial charge in [-0.25, -0.2) is 18.2 Å². The Kier molecular flexibility index (Phi) is 5.61. The van der Waals surface area contributed by atoms with Gasteiger partial charge in [0.05, 0.1) is 12.1 Å². The van der Waals surface area contributed by atoms with Crippen LogP contribution in [0, 0.1) is 11.7 Å². The summed E-state index contributed by atoms with van der Waals surface area (Å²) in [6, 6.07) is 16.3. The predicted octanol–water partition coefficient (Wildman–Crippen LogP) is 5.86. The summed E-state index contributed by atoms with van der Waals surface area (Å²) in [6.45, 7) is 3.14. The number of aliphatic hydroxyl groups is 1. The monoisotopic (exact) mass is 465 g/mol. The number of alkyl halides is 2. The van der Waals surface area contributed by atoms with Crippen LogP contribution in [0.1, 0.15) is 18.4 Å². The number of benzene rings is 2. The third-order valence-corrected chi connectivity index (χ3v) is 6.27. The van der Waals surface area contributed by atoms with Crippen molar-refractivity contribution in [3.8, 4) is 28.4 Å². The number of aromatic amines is 1. The highest BCUT2D eigenvalue weighted by atomic mass is 19.3. The van der Waals surface area contributed by atoms with Gasteiger partial charge in [-0.2, -0.15) is 4.98 Å². The second-order valence-corrected chi connectivity index (χ2v) is 8.37. The fraction of sp³-hybridized carbons (Fsp3) is 0.231. The fourth-order valence-corrected chi connectivity index (χ4v) is 4.27.